The van der Waals surface area contributed by atoms with Gasteiger partial charge in [-0.2, -0.15) is 0 Å². The SMILES string of the molecule is CCCCC(N)Cc1ccc(NC(=O)COC)c(OCC)c1. The highest BCUT2D eigenvalue weighted by atomic mass is 16.5. The molecule has 0 saturated heterocycles. The van der Waals surface area contributed by atoms with Crippen molar-refractivity contribution in [2.75, 3.05) is 25.6 Å². The third-order valence-corrected chi connectivity index (χ3v) is 3.32. The summed E-state index contributed by atoms with van der Waals surface area (Å²) < 4.78 is 10.4. The number of unbranched alkanes of at least 4 members (excludes halogenated alkanes) is 1. The quantitative estimate of drug-likeness (QED) is 0.697. The molecule has 0 aliphatic heterocycles. The molecule has 0 saturated carbocycles. The molecule has 0 spiro atoms. The molecule has 22 heavy (non-hydrogen) atoms. The molecule has 0 bridgehead atoms. The van der Waals surface area contributed by atoms with E-state index in [4.69, 9.17) is 15.2 Å². The minimum atomic E-state index is -0.198. The van der Waals surface area contributed by atoms with Gasteiger partial charge in [-0.3, -0.25) is 4.79 Å². The van der Waals surface area contributed by atoms with Gasteiger partial charge < -0.3 is 20.5 Å². The average molecular weight is 308 g/mol. The van der Waals surface area contributed by atoms with Crippen LogP contribution in [0.5, 0.6) is 5.75 Å². The first-order valence-electron chi connectivity index (χ1n) is 7.90. The number of rotatable bonds is 10. The summed E-state index contributed by atoms with van der Waals surface area (Å²) in [6.07, 6.45) is 4.13. The number of amides is 1. The van der Waals surface area contributed by atoms with Gasteiger partial charge in [-0.15, -0.1) is 0 Å². The largest absolute Gasteiger partial charge is 0.492 e. The molecular formula is C17H28N2O3. The molecule has 0 radical (unpaired) electrons. The summed E-state index contributed by atoms with van der Waals surface area (Å²) >= 11 is 0. The average Bonchev–Trinajstić information content (AvgIpc) is 2.48. The second kappa shape index (κ2) is 10.2. The number of hydrogen-bond acceptors (Lipinski definition) is 4. The molecule has 3 N–H and O–H groups in total. The number of nitrogens with two attached hydrogens (primary N) is 1. The zero-order valence-electron chi connectivity index (χ0n) is 13.9. The summed E-state index contributed by atoms with van der Waals surface area (Å²) in [5.41, 5.74) is 7.93. The predicted molar refractivity (Wildman–Crippen MR) is 89.3 cm³/mol. The van der Waals surface area contributed by atoms with Crippen molar-refractivity contribution in [2.24, 2.45) is 5.73 Å². The Morgan fingerprint density at radius 3 is 2.77 bits per heavy atom. The minimum absolute atomic E-state index is 0.0230. The van der Waals surface area contributed by atoms with Gasteiger partial charge in [-0.05, 0) is 37.5 Å². The Morgan fingerprint density at radius 1 is 1.36 bits per heavy atom. The number of ether oxygens (including phenoxy) is 2. The first kappa shape index (κ1) is 18.5. The fourth-order valence-electron chi connectivity index (χ4n) is 2.26. The predicted octanol–water partition coefficient (Wildman–Crippen LogP) is 2.73. The second-order valence-electron chi connectivity index (χ2n) is 5.35. The Hall–Kier alpha value is -1.59. The van der Waals surface area contributed by atoms with Gasteiger partial charge >= 0.3 is 0 Å². The maximum absolute atomic E-state index is 11.6. The highest BCUT2D eigenvalue weighted by molar-refractivity contribution is 5.93. The van der Waals surface area contributed by atoms with Crippen LogP contribution in [0, 0.1) is 0 Å². The van der Waals surface area contributed by atoms with Gasteiger partial charge in [-0.25, -0.2) is 0 Å². The van der Waals surface area contributed by atoms with Gasteiger partial charge in [-0.1, -0.05) is 25.8 Å². The van der Waals surface area contributed by atoms with E-state index in [-0.39, 0.29) is 18.6 Å². The Balaban J connectivity index is 2.77. The molecule has 0 aromatic heterocycles. The molecule has 5 heteroatoms. The van der Waals surface area contributed by atoms with E-state index in [1.807, 2.05) is 25.1 Å². The van der Waals surface area contributed by atoms with Crippen LogP contribution in [0.4, 0.5) is 5.69 Å². The van der Waals surface area contributed by atoms with Crippen LogP contribution in [0.15, 0.2) is 18.2 Å². The molecule has 5 nitrogen and oxygen atoms in total. The van der Waals surface area contributed by atoms with Crippen LogP contribution in [0.1, 0.15) is 38.7 Å². The van der Waals surface area contributed by atoms with E-state index in [0.29, 0.717) is 18.0 Å². The lowest BCUT2D eigenvalue weighted by molar-refractivity contribution is -0.119. The minimum Gasteiger partial charge on any atom is -0.492 e. The smallest absolute Gasteiger partial charge is 0.250 e. The first-order valence-corrected chi connectivity index (χ1v) is 7.90. The van der Waals surface area contributed by atoms with Crippen molar-refractivity contribution in [2.45, 2.75) is 45.6 Å². The third kappa shape index (κ3) is 6.45. The van der Waals surface area contributed by atoms with Gasteiger partial charge in [0.25, 0.3) is 0 Å². The number of methoxy groups -OCH3 is 1. The topological polar surface area (TPSA) is 73.6 Å². The van der Waals surface area contributed by atoms with Gasteiger partial charge in [0.05, 0.1) is 12.3 Å². The van der Waals surface area contributed by atoms with E-state index in [1.54, 1.807) is 0 Å². The number of nitrogens with one attached hydrogen (secondary N) is 1. The van der Waals surface area contributed by atoms with Crippen LogP contribution in [0.3, 0.4) is 0 Å². The van der Waals surface area contributed by atoms with E-state index in [9.17, 15) is 4.79 Å². The van der Waals surface area contributed by atoms with Crippen LogP contribution in [-0.2, 0) is 16.0 Å². The van der Waals surface area contributed by atoms with Crippen LogP contribution < -0.4 is 15.8 Å². The Morgan fingerprint density at radius 2 is 2.14 bits per heavy atom. The van der Waals surface area contributed by atoms with Gasteiger partial charge in [0.1, 0.15) is 12.4 Å². The molecule has 0 aliphatic carbocycles. The number of anilines is 1. The van der Waals surface area contributed by atoms with Gasteiger partial charge in [0.2, 0.25) is 5.91 Å². The van der Waals surface area contributed by atoms with Crippen molar-refractivity contribution in [1.82, 2.24) is 0 Å². The van der Waals surface area contributed by atoms with Crippen molar-refractivity contribution in [3.05, 3.63) is 23.8 Å². The van der Waals surface area contributed by atoms with E-state index in [2.05, 4.69) is 12.2 Å². The molecular weight excluding hydrogens is 280 g/mol. The monoisotopic (exact) mass is 308 g/mol. The summed E-state index contributed by atoms with van der Waals surface area (Å²) in [5.74, 6) is 0.475. The molecule has 1 atom stereocenters. The van der Waals surface area contributed by atoms with Crippen molar-refractivity contribution in [3.63, 3.8) is 0 Å². The third-order valence-electron chi connectivity index (χ3n) is 3.32. The number of benzene rings is 1. The van der Waals surface area contributed by atoms with Crippen LogP contribution in [-0.4, -0.2) is 32.3 Å². The molecule has 1 rings (SSSR count). The second-order valence-corrected chi connectivity index (χ2v) is 5.35. The highest BCUT2D eigenvalue weighted by Crippen LogP contribution is 2.26. The van der Waals surface area contributed by atoms with Crippen molar-refractivity contribution in [3.8, 4) is 5.75 Å². The summed E-state index contributed by atoms with van der Waals surface area (Å²) in [6.45, 7) is 4.64. The standard InChI is InChI=1S/C17H28N2O3/c1-4-6-7-14(18)10-13-8-9-15(16(11-13)22-5-2)19-17(20)12-21-3/h8-9,11,14H,4-7,10,12,18H2,1-3H3,(H,19,20). The molecule has 0 fully saturated rings. The fraction of sp³-hybridized carbons (Fsp3) is 0.588. The Labute approximate surface area is 133 Å². The van der Waals surface area contributed by atoms with Gasteiger partial charge in [0, 0.05) is 13.2 Å². The summed E-state index contributed by atoms with van der Waals surface area (Å²) in [6, 6.07) is 5.96. The van der Waals surface area contributed by atoms with E-state index < -0.39 is 0 Å². The van der Waals surface area contributed by atoms with Crippen molar-refractivity contribution < 1.29 is 14.3 Å². The molecule has 0 heterocycles. The fourth-order valence-corrected chi connectivity index (χ4v) is 2.26. The number of carbonyl (C=O) groups is 1. The summed E-state index contributed by atoms with van der Waals surface area (Å²) in [5, 5.41) is 2.79. The molecule has 1 amide bonds. The van der Waals surface area contributed by atoms with Crippen molar-refractivity contribution in [1.29, 1.82) is 0 Å². The number of hydrogen-bond donors (Lipinski definition) is 2. The van der Waals surface area contributed by atoms with E-state index in [0.717, 1.165) is 31.2 Å². The Bertz CT molecular complexity index is 463. The lowest BCUT2D eigenvalue weighted by Gasteiger charge is -2.15. The summed E-state index contributed by atoms with van der Waals surface area (Å²) in [4.78, 5) is 11.6. The van der Waals surface area contributed by atoms with Crippen LogP contribution >= 0.6 is 0 Å². The maximum Gasteiger partial charge on any atom is 0.250 e. The Kier molecular flexibility index (Phi) is 8.55. The molecule has 1 aromatic carbocycles. The van der Waals surface area contributed by atoms with E-state index in [1.165, 1.54) is 7.11 Å². The molecule has 124 valence electrons. The van der Waals surface area contributed by atoms with E-state index >= 15 is 0 Å². The van der Waals surface area contributed by atoms with Gasteiger partial charge in [0.15, 0.2) is 0 Å². The molecule has 1 unspecified atom stereocenters. The lowest BCUT2D eigenvalue weighted by atomic mass is 10.0. The summed E-state index contributed by atoms with van der Waals surface area (Å²) in [7, 11) is 1.49. The zero-order valence-corrected chi connectivity index (χ0v) is 13.9. The molecule has 0 aliphatic rings. The zero-order chi connectivity index (χ0) is 16.4. The van der Waals surface area contributed by atoms with Crippen LogP contribution in [0.2, 0.25) is 0 Å². The first-order chi connectivity index (χ1) is 10.6. The van der Waals surface area contributed by atoms with Crippen LogP contribution in [0.25, 0.3) is 0 Å². The lowest BCUT2D eigenvalue weighted by Crippen LogP contribution is -2.22. The maximum atomic E-state index is 11.6. The highest BCUT2D eigenvalue weighted by Gasteiger charge is 2.11. The number of carbonyl (C=O) groups excluding carboxylic acids is 1. The molecule has 1 aromatic rings. The van der Waals surface area contributed by atoms with Crippen molar-refractivity contribution >= 4 is 11.6 Å². The normalized spacial score (nSPS) is 12.0.